The molecule has 0 saturated carbocycles. The molecule has 43 heavy (non-hydrogen) atoms. The second kappa shape index (κ2) is 10.2. The van der Waals surface area contributed by atoms with Gasteiger partial charge in [0.15, 0.2) is 0 Å². The first-order valence-corrected chi connectivity index (χ1v) is 15.3. The number of hydrogen-bond donors (Lipinski definition) is 0. The number of fused-ring (bicyclic) bond motifs is 4. The zero-order valence-electron chi connectivity index (χ0n) is 27.6. The van der Waals surface area contributed by atoms with Crippen molar-refractivity contribution in [1.82, 2.24) is 23.8 Å². The Morgan fingerprint density at radius 3 is 2.49 bits per heavy atom. The third kappa shape index (κ3) is 4.69. The molecule has 1 aliphatic rings. The average Bonchev–Trinajstić information content (AvgIpc) is 3.58. The van der Waals surface area contributed by atoms with Crippen LogP contribution in [0.2, 0.25) is 6.75 Å². The predicted molar refractivity (Wildman–Crippen MR) is 170 cm³/mol. The van der Waals surface area contributed by atoms with Gasteiger partial charge in [0, 0.05) is 16.5 Å². The summed E-state index contributed by atoms with van der Waals surface area (Å²) in [7, 11) is 2.08. The number of imidazole rings is 1. The van der Waals surface area contributed by atoms with Crippen LogP contribution in [-0.4, -0.2) is 30.8 Å². The van der Waals surface area contributed by atoms with E-state index in [9.17, 15) is 0 Å². The Labute approximate surface area is 267 Å². The van der Waals surface area contributed by atoms with Gasteiger partial charge in [0.25, 0.3) is 0 Å². The van der Waals surface area contributed by atoms with E-state index in [0.29, 0.717) is 23.0 Å². The van der Waals surface area contributed by atoms with Crippen molar-refractivity contribution in [2.45, 2.75) is 39.9 Å². The summed E-state index contributed by atoms with van der Waals surface area (Å²) >= 11 is 2.37. The second-order valence-electron chi connectivity index (χ2n) is 12.0. The Morgan fingerprint density at radius 2 is 1.72 bits per heavy atom. The first-order chi connectivity index (χ1) is 21.8. The zero-order valence-corrected chi connectivity index (χ0v) is 26.9. The number of ether oxygens (including phenoxy) is 1. The fourth-order valence-electron chi connectivity index (χ4n) is 5.70. The molecule has 0 N–H and O–H groups in total. The monoisotopic (exact) mass is 750 g/mol. The number of aryl methyl sites for hydroxylation is 2. The van der Waals surface area contributed by atoms with Crippen molar-refractivity contribution in [3.8, 4) is 28.4 Å². The molecule has 6 aromatic rings. The average molecular weight is 751 g/mol. The number of nitrogens with zero attached hydrogens (tertiary/aromatic N) is 6. The van der Waals surface area contributed by atoms with Crippen LogP contribution in [0.1, 0.15) is 36.0 Å². The van der Waals surface area contributed by atoms with E-state index in [4.69, 9.17) is 8.85 Å². The van der Waals surface area contributed by atoms with Crippen LogP contribution in [0.5, 0.6) is 11.5 Å². The van der Waals surface area contributed by atoms with Crippen LogP contribution < -0.4 is 9.55 Å². The molecular formula is C34H33BN6OPt. The van der Waals surface area contributed by atoms with Gasteiger partial charge < -0.3 is 0 Å². The summed E-state index contributed by atoms with van der Waals surface area (Å²) < 4.78 is 39.3. The number of hydrogen-bond acceptors (Lipinski definition) is 4. The minimum absolute atomic E-state index is 0.139. The summed E-state index contributed by atoms with van der Waals surface area (Å²) in [6.07, 6.45) is 3.34. The van der Waals surface area contributed by atoms with Gasteiger partial charge in [-0.3, -0.25) is 0 Å². The SMILES string of the molecule is [2H]C([2H])([2H])B1N(c2cc(C)ccn2)c2cc(Oc3cc(-n4[c](=[Pt])n(C)c5ccccc54)cc(C(C)(C)C)c3)ccc2-c2ccnn21. The first kappa shape index (κ1) is 24.3. The molecule has 4 heterocycles. The summed E-state index contributed by atoms with van der Waals surface area (Å²) in [5.41, 5.74) is 7.47. The maximum absolute atomic E-state index is 8.53. The van der Waals surface area contributed by atoms with Crippen LogP contribution in [-0.2, 0) is 31.8 Å². The molecule has 0 atom stereocenters. The van der Waals surface area contributed by atoms with Crippen molar-refractivity contribution in [3.63, 3.8) is 0 Å². The standard InChI is InChI=1S/C34H33BN6O.Pt/c1-23-13-15-36-33(17-23)40-32-21-26(11-12-28(32)29-14-16-37-41(29)35(40)5)42-27-19-24(34(2,3)4)18-25(20-27)39-22-38(6)30-9-7-8-10-31(30)39;/h7-21H,1-6H3;/i5D3;. The van der Waals surface area contributed by atoms with Gasteiger partial charge in [0.1, 0.15) is 0 Å². The molecule has 7 rings (SSSR count). The van der Waals surface area contributed by atoms with Crippen molar-refractivity contribution in [1.29, 1.82) is 0 Å². The minimum Gasteiger partial charge on any atom is -0.192 e. The molecule has 7 nitrogen and oxygen atoms in total. The van der Waals surface area contributed by atoms with E-state index in [1.807, 2.05) is 43.3 Å². The van der Waals surface area contributed by atoms with Gasteiger partial charge in [0.2, 0.25) is 0 Å². The second-order valence-corrected chi connectivity index (χ2v) is 13.0. The van der Waals surface area contributed by atoms with Gasteiger partial charge in [-0.1, -0.05) is 0 Å². The minimum atomic E-state index is -2.40. The first-order valence-electron chi connectivity index (χ1n) is 15.7. The van der Waals surface area contributed by atoms with E-state index in [1.54, 1.807) is 21.8 Å². The third-order valence-electron chi connectivity index (χ3n) is 7.96. The summed E-state index contributed by atoms with van der Waals surface area (Å²) in [6, 6.07) is 26.2. The quantitative estimate of drug-likeness (QED) is 0.173. The number of rotatable bonds is 4. The smallest absolute Gasteiger partial charge is 0.192 e. The topological polar surface area (TPSA) is 53.0 Å². The molecule has 9 heteroatoms. The van der Waals surface area contributed by atoms with Gasteiger partial charge >= 0.3 is 228 Å². The van der Waals surface area contributed by atoms with Crippen LogP contribution in [0.4, 0.5) is 11.5 Å². The molecule has 0 amide bonds. The number of pyridine rings is 1. The molecular weight excluding hydrogens is 714 g/mol. The summed E-state index contributed by atoms with van der Waals surface area (Å²) in [5, 5.41) is 4.44. The molecule has 0 unspecified atom stereocenters. The molecule has 0 spiro atoms. The van der Waals surface area contributed by atoms with Gasteiger partial charge in [-0.2, -0.15) is 5.10 Å². The number of para-hydroxylation sites is 2. The van der Waals surface area contributed by atoms with Crippen molar-refractivity contribution < 1.29 is 28.2 Å². The Balaban J connectivity index is 1.39. The molecule has 3 aromatic heterocycles. The molecule has 1 aliphatic heterocycles. The van der Waals surface area contributed by atoms with Crippen LogP contribution in [0.15, 0.2) is 91.3 Å². The zero-order chi connectivity index (χ0) is 32.5. The van der Waals surface area contributed by atoms with Crippen molar-refractivity contribution >= 4 is 29.5 Å². The van der Waals surface area contributed by atoms with Crippen molar-refractivity contribution in [2.75, 3.05) is 4.81 Å². The number of aromatic nitrogens is 5. The van der Waals surface area contributed by atoms with E-state index < -0.39 is 13.7 Å². The number of anilines is 2. The van der Waals surface area contributed by atoms with E-state index >= 15 is 0 Å². The van der Waals surface area contributed by atoms with Crippen LogP contribution in [0.25, 0.3) is 28.0 Å². The number of benzene rings is 3. The van der Waals surface area contributed by atoms with Crippen molar-refractivity contribution in [3.05, 3.63) is 106 Å². The van der Waals surface area contributed by atoms with Gasteiger partial charge in [-0.25, -0.2) is 0 Å². The fraction of sp³-hybridized carbons (Fsp3) is 0.206. The molecule has 0 bridgehead atoms. The fourth-order valence-corrected chi connectivity index (χ4v) is 6.54. The van der Waals surface area contributed by atoms with E-state index in [2.05, 4.69) is 109 Å². The Hall–Kier alpha value is -4.16. The molecule has 0 saturated heterocycles. The Bertz CT molecular complexity index is 2200. The van der Waals surface area contributed by atoms with Crippen LogP contribution in [0.3, 0.4) is 0 Å². The molecule has 0 radical (unpaired) electrons. The normalized spacial score (nSPS) is 14.3. The van der Waals surface area contributed by atoms with E-state index in [0.717, 1.165) is 42.9 Å². The Morgan fingerprint density at radius 1 is 0.907 bits per heavy atom. The molecule has 0 aliphatic carbocycles. The third-order valence-corrected chi connectivity index (χ3v) is 9.23. The van der Waals surface area contributed by atoms with Gasteiger partial charge in [-0.15, -0.1) is 0 Å². The van der Waals surface area contributed by atoms with Gasteiger partial charge in [-0.05, 0) is 18.6 Å². The van der Waals surface area contributed by atoms with Crippen molar-refractivity contribution in [2.24, 2.45) is 7.05 Å². The van der Waals surface area contributed by atoms with Crippen LogP contribution in [0, 0.1) is 10.7 Å². The van der Waals surface area contributed by atoms with Gasteiger partial charge in [0.05, 0.1) is 0 Å². The Kier molecular flexibility index (Phi) is 5.78. The van der Waals surface area contributed by atoms with E-state index in [1.165, 1.54) is 0 Å². The summed E-state index contributed by atoms with van der Waals surface area (Å²) in [5.74, 6) is 1.80. The van der Waals surface area contributed by atoms with Crippen LogP contribution >= 0.6 is 0 Å². The molecule has 3 aromatic carbocycles. The molecule has 0 fully saturated rings. The maximum atomic E-state index is 8.53. The summed E-state index contributed by atoms with van der Waals surface area (Å²) in [6.45, 7) is 5.06. The molecule has 218 valence electrons. The summed E-state index contributed by atoms with van der Waals surface area (Å²) in [4.78, 5) is 6.36. The predicted octanol–water partition coefficient (Wildman–Crippen LogP) is 7.82. The van der Waals surface area contributed by atoms with E-state index in [-0.39, 0.29) is 5.41 Å².